The van der Waals surface area contributed by atoms with Gasteiger partial charge in [0.1, 0.15) is 23.9 Å². The number of aromatic nitrogens is 4. The number of halogens is 3. The second-order valence-electron chi connectivity index (χ2n) is 9.37. The molecule has 0 spiro atoms. The van der Waals surface area contributed by atoms with Crippen molar-refractivity contribution >= 4 is 12.0 Å². The van der Waals surface area contributed by atoms with Gasteiger partial charge < -0.3 is 30.4 Å². The minimum atomic E-state index is -4.56. The lowest BCUT2D eigenvalue weighted by Crippen LogP contribution is -2.31. The SMILES string of the molecule is CCN1C(OC)=C(C(F)(F)F)NC1c1ccc(CNc2nc(-c3c(OC)ncnc3C3CC3)ncc2C=N)cc1. The van der Waals surface area contributed by atoms with Crippen molar-refractivity contribution < 1.29 is 22.6 Å². The van der Waals surface area contributed by atoms with E-state index in [1.165, 1.54) is 31.7 Å². The highest BCUT2D eigenvalue weighted by Crippen LogP contribution is 2.45. The Labute approximate surface area is 229 Å². The van der Waals surface area contributed by atoms with E-state index in [0.29, 0.717) is 53.2 Å². The van der Waals surface area contributed by atoms with Crippen LogP contribution in [0.4, 0.5) is 19.0 Å². The number of rotatable bonds is 10. The second-order valence-corrected chi connectivity index (χ2v) is 9.37. The van der Waals surface area contributed by atoms with E-state index in [1.807, 2.05) is 12.1 Å². The topological polar surface area (TPSA) is 121 Å². The Morgan fingerprint density at radius 1 is 1.12 bits per heavy atom. The first kappa shape index (κ1) is 27.2. The molecule has 1 fully saturated rings. The zero-order valence-electron chi connectivity index (χ0n) is 22.2. The van der Waals surface area contributed by atoms with Crippen molar-refractivity contribution in [3.05, 3.63) is 70.8 Å². The molecule has 2 aliphatic rings. The van der Waals surface area contributed by atoms with Gasteiger partial charge >= 0.3 is 6.18 Å². The molecule has 10 nitrogen and oxygen atoms in total. The molecule has 3 N–H and O–H groups in total. The lowest BCUT2D eigenvalue weighted by Gasteiger charge is -2.27. The maximum Gasteiger partial charge on any atom is 0.436 e. The minimum absolute atomic E-state index is 0.227. The zero-order chi connectivity index (χ0) is 28.4. The van der Waals surface area contributed by atoms with Crippen LogP contribution in [0.1, 0.15) is 54.2 Å². The third-order valence-corrected chi connectivity index (χ3v) is 6.84. The van der Waals surface area contributed by atoms with E-state index >= 15 is 0 Å². The predicted octanol–water partition coefficient (Wildman–Crippen LogP) is 4.73. The van der Waals surface area contributed by atoms with Crippen molar-refractivity contribution in [2.75, 3.05) is 26.1 Å². The Hall–Kier alpha value is -4.42. The number of ether oxygens (including phenoxy) is 2. The molecule has 1 atom stereocenters. The van der Waals surface area contributed by atoms with Crippen LogP contribution < -0.4 is 15.4 Å². The third-order valence-electron chi connectivity index (χ3n) is 6.84. The number of hydrogen-bond donors (Lipinski definition) is 3. The number of hydrogen-bond acceptors (Lipinski definition) is 10. The number of alkyl halides is 3. The van der Waals surface area contributed by atoms with Gasteiger partial charge in [-0.2, -0.15) is 13.2 Å². The van der Waals surface area contributed by atoms with Gasteiger partial charge in [-0.3, -0.25) is 0 Å². The molecule has 40 heavy (non-hydrogen) atoms. The molecule has 1 saturated carbocycles. The van der Waals surface area contributed by atoms with Crippen LogP contribution in [0.3, 0.4) is 0 Å². The highest BCUT2D eigenvalue weighted by Gasteiger charge is 2.46. The van der Waals surface area contributed by atoms with E-state index < -0.39 is 18.0 Å². The zero-order valence-corrected chi connectivity index (χ0v) is 22.2. The Bertz CT molecular complexity index is 1420. The van der Waals surface area contributed by atoms with E-state index in [4.69, 9.17) is 14.9 Å². The highest BCUT2D eigenvalue weighted by molar-refractivity contribution is 5.84. The van der Waals surface area contributed by atoms with Crippen molar-refractivity contribution in [1.29, 1.82) is 5.41 Å². The maximum atomic E-state index is 13.6. The third kappa shape index (κ3) is 5.23. The van der Waals surface area contributed by atoms with E-state index in [-0.39, 0.29) is 5.88 Å². The Balaban J connectivity index is 1.35. The summed E-state index contributed by atoms with van der Waals surface area (Å²) in [5, 5.41) is 13.6. The smallest absolute Gasteiger partial charge is 0.436 e. The summed E-state index contributed by atoms with van der Waals surface area (Å²) in [5.74, 6) is 1.33. The van der Waals surface area contributed by atoms with Crippen LogP contribution in [0.25, 0.3) is 11.4 Å². The van der Waals surface area contributed by atoms with Gasteiger partial charge in [-0.25, -0.2) is 19.9 Å². The van der Waals surface area contributed by atoms with Gasteiger partial charge in [0, 0.05) is 31.4 Å². The molecule has 1 unspecified atom stereocenters. The van der Waals surface area contributed by atoms with E-state index in [1.54, 1.807) is 25.3 Å². The van der Waals surface area contributed by atoms with Crippen LogP contribution >= 0.6 is 0 Å². The van der Waals surface area contributed by atoms with Gasteiger partial charge in [0.15, 0.2) is 11.5 Å². The fraction of sp³-hybridized carbons (Fsp3) is 0.370. The molecule has 0 saturated heterocycles. The number of nitrogens with one attached hydrogen (secondary N) is 3. The number of nitrogens with zero attached hydrogens (tertiary/aromatic N) is 5. The Kier molecular flexibility index (Phi) is 7.46. The molecule has 1 aliphatic carbocycles. The minimum Gasteiger partial charge on any atom is -0.481 e. The summed E-state index contributed by atoms with van der Waals surface area (Å²) in [5.41, 5.74) is 2.62. The van der Waals surface area contributed by atoms with Crippen molar-refractivity contribution in [2.24, 2.45) is 0 Å². The molecule has 1 aromatic carbocycles. The first-order chi connectivity index (χ1) is 19.3. The Morgan fingerprint density at radius 2 is 1.88 bits per heavy atom. The summed E-state index contributed by atoms with van der Waals surface area (Å²) in [4.78, 5) is 19.4. The number of allylic oxidation sites excluding steroid dienone is 1. The van der Waals surface area contributed by atoms with E-state index in [9.17, 15) is 13.2 Å². The predicted molar refractivity (Wildman–Crippen MR) is 142 cm³/mol. The number of benzene rings is 1. The monoisotopic (exact) mass is 554 g/mol. The second kappa shape index (κ2) is 11.0. The van der Waals surface area contributed by atoms with Gasteiger partial charge in [-0.05, 0) is 30.9 Å². The molecule has 2 aromatic heterocycles. The van der Waals surface area contributed by atoms with Crippen molar-refractivity contribution in [1.82, 2.24) is 30.2 Å². The molecule has 3 aromatic rings. The normalized spacial score (nSPS) is 17.1. The molecule has 3 heterocycles. The van der Waals surface area contributed by atoms with E-state index in [2.05, 4.69) is 30.6 Å². The van der Waals surface area contributed by atoms with E-state index in [0.717, 1.165) is 24.1 Å². The van der Waals surface area contributed by atoms with Crippen LogP contribution in [-0.4, -0.2) is 58.0 Å². The molecule has 210 valence electrons. The average molecular weight is 555 g/mol. The average Bonchev–Trinajstić information content (AvgIpc) is 3.74. The maximum absolute atomic E-state index is 13.6. The van der Waals surface area contributed by atoms with Crippen LogP contribution in [0.15, 0.2) is 48.4 Å². The molecule has 0 radical (unpaired) electrons. The molecule has 1 aliphatic heterocycles. The molecule has 5 rings (SSSR count). The Morgan fingerprint density at radius 3 is 2.48 bits per heavy atom. The van der Waals surface area contributed by atoms with Gasteiger partial charge in [-0.1, -0.05) is 24.3 Å². The van der Waals surface area contributed by atoms with Gasteiger partial charge in [0.05, 0.1) is 25.5 Å². The van der Waals surface area contributed by atoms with Crippen LogP contribution in [-0.2, 0) is 11.3 Å². The van der Waals surface area contributed by atoms with Crippen LogP contribution in [0, 0.1) is 5.41 Å². The summed E-state index contributed by atoms with van der Waals surface area (Å²) in [6.45, 7) is 2.46. The lowest BCUT2D eigenvalue weighted by molar-refractivity contribution is -0.0990. The summed E-state index contributed by atoms with van der Waals surface area (Å²) in [6, 6.07) is 7.23. The molecule has 0 bridgehead atoms. The molecule has 0 amide bonds. The summed E-state index contributed by atoms with van der Waals surface area (Å²) in [7, 11) is 2.77. The highest BCUT2D eigenvalue weighted by atomic mass is 19.4. The molecular weight excluding hydrogens is 525 g/mol. The fourth-order valence-electron chi connectivity index (χ4n) is 4.72. The fourth-order valence-corrected chi connectivity index (χ4v) is 4.72. The molecular formula is C27H29F3N8O2. The number of anilines is 1. The summed E-state index contributed by atoms with van der Waals surface area (Å²) < 4.78 is 51.2. The van der Waals surface area contributed by atoms with Crippen LogP contribution in [0.2, 0.25) is 0 Å². The quantitative estimate of drug-likeness (QED) is 0.305. The summed E-state index contributed by atoms with van der Waals surface area (Å²) >= 11 is 0. The van der Waals surface area contributed by atoms with Crippen LogP contribution in [0.5, 0.6) is 5.88 Å². The van der Waals surface area contributed by atoms with Crippen molar-refractivity contribution in [3.63, 3.8) is 0 Å². The standard InChI is InChI=1S/C27H29F3N8O2/c1-4-38-24(36-21(26(38)40-3)27(28,29)30)17-7-5-15(6-8-17)12-32-22-18(11-31)13-33-23(37-22)19-20(16-9-10-16)34-14-35-25(19)39-2/h5-8,11,13-14,16,24,31,36H,4,9-10,12H2,1-3H3,(H,32,33,37). The van der Waals surface area contributed by atoms with Crippen molar-refractivity contribution in [2.45, 2.75) is 44.6 Å². The summed E-state index contributed by atoms with van der Waals surface area (Å²) in [6.07, 6.45) is 0.986. The first-order valence-corrected chi connectivity index (χ1v) is 12.8. The first-order valence-electron chi connectivity index (χ1n) is 12.8. The lowest BCUT2D eigenvalue weighted by atomic mass is 10.1. The van der Waals surface area contributed by atoms with Crippen molar-refractivity contribution in [3.8, 4) is 17.3 Å². The largest absolute Gasteiger partial charge is 0.481 e. The molecule has 13 heteroatoms. The van der Waals surface area contributed by atoms with Gasteiger partial charge in [0.2, 0.25) is 11.8 Å². The van der Waals surface area contributed by atoms with Gasteiger partial charge in [0.25, 0.3) is 0 Å². The number of methoxy groups -OCH3 is 2. The van der Waals surface area contributed by atoms with Gasteiger partial charge in [-0.15, -0.1) is 0 Å².